The summed E-state index contributed by atoms with van der Waals surface area (Å²) >= 11 is 6.67. The molecule has 1 saturated heterocycles. The third-order valence-electron chi connectivity index (χ3n) is 5.26. The molecule has 0 radical (unpaired) electrons. The van der Waals surface area contributed by atoms with Gasteiger partial charge in [0.15, 0.2) is 15.8 Å². The van der Waals surface area contributed by atoms with E-state index >= 15 is 0 Å². The highest BCUT2D eigenvalue weighted by atomic mass is 32.2. The summed E-state index contributed by atoms with van der Waals surface area (Å²) in [5.41, 5.74) is 3.57. The number of hydrogen-bond acceptors (Lipinski definition) is 7. The number of ether oxygens (including phenoxy) is 1. The van der Waals surface area contributed by atoms with Crippen molar-refractivity contribution in [1.82, 2.24) is 0 Å². The fourth-order valence-electron chi connectivity index (χ4n) is 3.30. The predicted octanol–water partition coefficient (Wildman–Crippen LogP) is 5.49. The average Bonchev–Trinajstić information content (AvgIpc) is 3.09. The molecule has 0 bridgehead atoms. The highest BCUT2D eigenvalue weighted by Gasteiger charge is 2.33. The van der Waals surface area contributed by atoms with E-state index in [2.05, 4.69) is 0 Å². The SMILES string of the molecule is COc1cc(C=C2SC(=S)N(c3ccc(C)c(C)c3)C2=O)ccc1OS(=O)(=O)c1ccccc1. The van der Waals surface area contributed by atoms with Crippen molar-refractivity contribution in [1.29, 1.82) is 0 Å². The molecule has 9 heteroatoms. The molecular weight excluding hydrogens is 490 g/mol. The third kappa shape index (κ3) is 4.86. The summed E-state index contributed by atoms with van der Waals surface area (Å²) in [6.07, 6.45) is 1.69. The Hall–Kier alpha value is -3.14. The van der Waals surface area contributed by atoms with Gasteiger partial charge < -0.3 is 8.92 Å². The molecule has 4 rings (SSSR count). The van der Waals surface area contributed by atoms with Gasteiger partial charge in [-0.1, -0.05) is 54.3 Å². The molecule has 0 atom stereocenters. The molecule has 1 amide bonds. The van der Waals surface area contributed by atoms with E-state index in [4.69, 9.17) is 21.1 Å². The topological polar surface area (TPSA) is 72.9 Å². The Morgan fingerprint density at radius 1 is 0.941 bits per heavy atom. The van der Waals surface area contributed by atoms with Crippen molar-refractivity contribution in [3.63, 3.8) is 0 Å². The van der Waals surface area contributed by atoms with E-state index in [1.165, 1.54) is 42.0 Å². The number of methoxy groups -OCH3 is 1. The summed E-state index contributed by atoms with van der Waals surface area (Å²) in [5.74, 6) is 0.0493. The zero-order valence-electron chi connectivity index (χ0n) is 18.6. The summed E-state index contributed by atoms with van der Waals surface area (Å²) in [5, 5.41) is 0. The maximum Gasteiger partial charge on any atom is 0.339 e. The fraction of sp³-hybridized carbons (Fsp3) is 0.120. The van der Waals surface area contributed by atoms with Crippen LogP contribution in [0, 0.1) is 13.8 Å². The number of benzene rings is 3. The number of aryl methyl sites for hydroxylation is 2. The van der Waals surface area contributed by atoms with Crippen LogP contribution in [0.5, 0.6) is 11.5 Å². The lowest BCUT2D eigenvalue weighted by Gasteiger charge is -2.16. The molecule has 6 nitrogen and oxygen atoms in total. The lowest BCUT2D eigenvalue weighted by molar-refractivity contribution is -0.113. The van der Waals surface area contributed by atoms with Crippen LogP contribution >= 0.6 is 24.0 Å². The van der Waals surface area contributed by atoms with Crippen molar-refractivity contribution in [2.45, 2.75) is 18.7 Å². The first-order chi connectivity index (χ1) is 16.2. The first-order valence-electron chi connectivity index (χ1n) is 10.2. The molecule has 3 aromatic carbocycles. The zero-order valence-corrected chi connectivity index (χ0v) is 21.1. The molecular formula is C25H21NO5S3. The molecule has 1 fully saturated rings. The van der Waals surface area contributed by atoms with Gasteiger partial charge in [0.1, 0.15) is 4.90 Å². The number of rotatable bonds is 6. The van der Waals surface area contributed by atoms with Gasteiger partial charge in [0.25, 0.3) is 5.91 Å². The van der Waals surface area contributed by atoms with E-state index in [9.17, 15) is 13.2 Å². The summed E-state index contributed by atoms with van der Waals surface area (Å²) in [6.45, 7) is 4.00. The summed E-state index contributed by atoms with van der Waals surface area (Å²) in [6, 6.07) is 18.4. The van der Waals surface area contributed by atoms with Gasteiger partial charge in [-0.2, -0.15) is 8.42 Å². The van der Waals surface area contributed by atoms with E-state index in [0.717, 1.165) is 16.8 Å². The number of thioether (sulfide) groups is 1. The molecule has 1 heterocycles. The molecule has 174 valence electrons. The first-order valence-corrected chi connectivity index (χ1v) is 12.9. The number of carbonyl (C=O) groups is 1. The van der Waals surface area contributed by atoms with Crippen LogP contribution in [0.15, 0.2) is 76.5 Å². The standard InChI is InChI=1S/C25H21NO5S3/c1-16-9-11-19(13-17(16)2)26-24(27)23(33-25(26)32)15-18-10-12-21(22(14-18)30-3)31-34(28,29)20-7-5-4-6-8-20/h4-15H,1-3H3. The molecule has 0 spiro atoms. The van der Waals surface area contributed by atoms with E-state index in [1.54, 1.807) is 36.4 Å². The van der Waals surface area contributed by atoms with Gasteiger partial charge in [-0.15, -0.1) is 0 Å². The van der Waals surface area contributed by atoms with Crippen molar-refractivity contribution in [2.75, 3.05) is 12.0 Å². The van der Waals surface area contributed by atoms with Crippen LogP contribution in [0.3, 0.4) is 0 Å². The van der Waals surface area contributed by atoms with Gasteiger partial charge in [0, 0.05) is 0 Å². The Bertz CT molecular complexity index is 1420. The van der Waals surface area contributed by atoms with E-state index in [-0.39, 0.29) is 22.3 Å². The van der Waals surface area contributed by atoms with Crippen LogP contribution in [0.1, 0.15) is 16.7 Å². The molecule has 0 aromatic heterocycles. The van der Waals surface area contributed by atoms with Crippen LogP contribution in [0.2, 0.25) is 0 Å². The number of hydrogen-bond donors (Lipinski definition) is 0. The normalized spacial score (nSPS) is 15.1. The minimum Gasteiger partial charge on any atom is -0.493 e. The number of amides is 1. The molecule has 1 aliphatic heterocycles. The molecule has 0 aliphatic carbocycles. The second kappa shape index (κ2) is 9.61. The monoisotopic (exact) mass is 511 g/mol. The second-order valence-corrected chi connectivity index (χ2v) is 10.8. The van der Waals surface area contributed by atoms with Crippen LogP contribution in [-0.4, -0.2) is 25.8 Å². The number of thiocarbonyl (C=S) groups is 1. The van der Waals surface area contributed by atoms with Crippen LogP contribution < -0.4 is 13.8 Å². The summed E-state index contributed by atoms with van der Waals surface area (Å²) in [4.78, 5) is 15.1. The largest absolute Gasteiger partial charge is 0.493 e. The number of nitrogens with zero attached hydrogens (tertiary/aromatic N) is 1. The van der Waals surface area contributed by atoms with E-state index in [0.29, 0.717) is 14.8 Å². The molecule has 3 aromatic rings. The van der Waals surface area contributed by atoms with Gasteiger partial charge in [-0.3, -0.25) is 9.69 Å². The minimum atomic E-state index is -4.02. The van der Waals surface area contributed by atoms with Crippen molar-refractivity contribution >= 4 is 56.1 Å². The van der Waals surface area contributed by atoms with E-state index in [1.807, 2.05) is 32.0 Å². The lowest BCUT2D eigenvalue weighted by atomic mass is 10.1. The minimum absolute atomic E-state index is 0.0381. The van der Waals surface area contributed by atoms with Gasteiger partial charge in [0.05, 0.1) is 17.7 Å². The molecule has 1 aliphatic rings. The quantitative estimate of drug-likeness (QED) is 0.246. The van der Waals surface area contributed by atoms with Crippen LogP contribution in [-0.2, 0) is 14.9 Å². The van der Waals surface area contributed by atoms with Gasteiger partial charge in [-0.25, -0.2) is 0 Å². The molecule has 0 unspecified atom stereocenters. The van der Waals surface area contributed by atoms with Gasteiger partial charge in [0.2, 0.25) is 0 Å². The van der Waals surface area contributed by atoms with Crippen LogP contribution in [0.25, 0.3) is 6.08 Å². The highest BCUT2D eigenvalue weighted by Crippen LogP contribution is 2.38. The fourth-order valence-corrected chi connectivity index (χ4v) is 5.56. The summed E-state index contributed by atoms with van der Waals surface area (Å²) < 4.78 is 36.2. The first kappa shape index (κ1) is 24.0. The van der Waals surface area contributed by atoms with Gasteiger partial charge in [-0.05, 0) is 73.0 Å². The molecule has 0 saturated carbocycles. The zero-order chi connectivity index (χ0) is 24.5. The summed E-state index contributed by atoms with van der Waals surface area (Å²) in [7, 11) is -2.60. The Balaban J connectivity index is 1.60. The van der Waals surface area contributed by atoms with Crippen LogP contribution in [0.4, 0.5) is 5.69 Å². The lowest BCUT2D eigenvalue weighted by Crippen LogP contribution is -2.27. The van der Waals surface area contributed by atoms with Crippen molar-refractivity contribution in [3.8, 4) is 11.5 Å². The Morgan fingerprint density at radius 3 is 2.35 bits per heavy atom. The smallest absolute Gasteiger partial charge is 0.339 e. The maximum absolute atomic E-state index is 13.1. The van der Waals surface area contributed by atoms with Gasteiger partial charge >= 0.3 is 10.1 Å². The van der Waals surface area contributed by atoms with Crippen molar-refractivity contribution in [3.05, 3.63) is 88.3 Å². The Kier molecular flexibility index (Phi) is 6.79. The average molecular weight is 512 g/mol. The number of carbonyl (C=O) groups excluding carboxylic acids is 1. The third-order valence-corrected chi connectivity index (χ3v) is 7.81. The predicted molar refractivity (Wildman–Crippen MR) is 139 cm³/mol. The Labute approximate surface area is 208 Å². The number of anilines is 1. The highest BCUT2D eigenvalue weighted by molar-refractivity contribution is 8.27. The van der Waals surface area contributed by atoms with Crippen molar-refractivity contribution < 1.29 is 22.1 Å². The Morgan fingerprint density at radius 2 is 1.68 bits per heavy atom. The second-order valence-electron chi connectivity index (χ2n) is 7.55. The molecule has 34 heavy (non-hydrogen) atoms. The molecule has 0 N–H and O–H groups in total. The van der Waals surface area contributed by atoms with Crippen molar-refractivity contribution in [2.24, 2.45) is 0 Å². The van der Waals surface area contributed by atoms with E-state index < -0.39 is 10.1 Å². The maximum atomic E-state index is 13.1.